The Balaban J connectivity index is 1.38. The normalized spacial score (nSPS) is 19.4. The molecule has 0 amide bonds. The summed E-state index contributed by atoms with van der Waals surface area (Å²) < 4.78 is 3.68. The average molecular weight is 415 g/mol. The minimum absolute atomic E-state index is 0.0547. The van der Waals surface area contributed by atoms with Gasteiger partial charge in [0.15, 0.2) is 0 Å². The molecule has 0 aliphatic carbocycles. The van der Waals surface area contributed by atoms with E-state index in [1.54, 1.807) is 10.5 Å². The van der Waals surface area contributed by atoms with Gasteiger partial charge in [-0.05, 0) is 57.0 Å². The molecule has 0 radical (unpaired) electrons. The molecule has 0 spiro atoms. The lowest BCUT2D eigenvalue weighted by Gasteiger charge is -2.38. The second-order valence-corrected chi connectivity index (χ2v) is 8.90. The molecule has 0 saturated carbocycles. The van der Waals surface area contributed by atoms with Gasteiger partial charge in [0, 0.05) is 55.9 Å². The highest BCUT2D eigenvalue weighted by molar-refractivity contribution is 5.66. The van der Waals surface area contributed by atoms with E-state index in [2.05, 4.69) is 26.9 Å². The molecule has 6 rings (SSSR count). The number of hydrogen-bond donors (Lipinski definition) is 0. The second-order valence-electron chi connectivity index (χ2n) is 8.90. The molecule has 31 heavy (non-hydrogen) atoms. The van der Waals surface area contributed by atoms with Crippen molar-refractivity contribution < 1.29 is 0 Å². The molecule has 2 aliphatic heterocycles. The van der Waals surface area contributed by atoms with Crippen LogP contribution in [0, 0.1) is 13.8 Å². The van der Waals surface area contributed by atoms with E-state index in [9.17, 15) is 4.79 Å². The first kappa shape index (κ1) is 18.6. The van der Waals surface area contributed by atoms with E-state index < -0.39 is 0 Å². The van der Waals surface area contributed by atoms with Crippen molar-refractivity contribution in [1.82, 2.24) is 23.7 Å². The zero-order valence-electron chi connectivity index (χ0n) is 18.0. The fourth-order valence-electron chi connectivity index (χ4n) is 5.18. The van der Waals surface area contributed by atoms with Gasteiger partial charge >= 0.3 is 0 Å². The first-order chi connectivity index (χ1) is 15.0. The number of piperazine rings is 1. The lowest BCUT2D eigenvalue weighted by atomic mass is 10.1. The van der Waals surface area contributed by atoms with Gasteiger partial charge in [-0.25, -0.2) is 9.97 Å². The van der Waals surface area contributed by atoms with Crippen molar-refractivity contribution in [3.8, 4) is 11.3 Å². The monoisotopic (exact) mass is 414 g/mol. The first-order valence-corrected chi connectivity index (χ1v) is 11.0. The van der Waals surface area contributed by atoms with Gasteiger partial charge in [-0.1, -0.05) is 0 Å². The minimum atomic E-state index is -0.0547. The number of nitrogens with zero attached hydrogens (tertiary/aromatic N) is 6. The van der Waals surface area contributed by atoms with Crippen molar-refractivity contribution in [2.45, 2.75) is 32.7 Å². The summed E-state index contributed by atoms with van der Waals surface area (Å²) in [7, 11) is 0. The summed E-state index contributed by atoms with van der Waals surface area (Å²) in [5.74, 6) is 0. The summed E-state index contributed by atoms with van der Waals surface area (Å²) >= 11 is 0. The van der Waals surface area contributed by atoms with Crippen LogP contribution < -0.4 is 10.5 Å². The Morgan fingerprint density at radius 3 is 2.81 bits per heavy atom. The van der Waals surface area contributed by atoms with Crippen molar-refractivity contribution >= 4 is 17.0 Å². The van der Waals surface area contributed by atoms with Gasteiger partial charge in [0.25, 0.3) is 5.56 Å². The van der Waals surface area contributed by atoms with Crippen molar-refractivity contribution in [3.05, 3.63) is 64.5 Å². The Kier molecular flexibility index (Phi) is 4.14. The van der Waals surface area contributed by atoms with Gasteiger partial charge in [0.2, 0.25) is 0 Å². The van der Waals surface area contributed by atoms with Gasteiger partial charge in [-0.3, -0.25) is 14.1 Å². The van der Waals surface area contributed by atoms with Crippen LogP contribution in [0.15, 0.2) is 47.7 Å². The maximum atomic E-state index is 13.0. The molecule has 1 unspecified atom stereocenters. The summed E-state index contributed by atoms with van der Waals surface area (Å²) in [5, 5.41) is 0. The first-order valence-electron chi connectivity index (χ1n) is 11.0. The Morgan fingerprint density at radius 1 is 1.00 bits per heavy atom. The number of fused-ring (bicyclic) bond motifs is 3. The Morgan fingerprint density at radius 2 is 1.90 bits per heavy atom. The average Bonchev–Trinajstić information content (AvgIpc) is 3.38. The highest BCUT2D eigenvalue weighted by atomic mass is 16.1. The number of imidazole rings is 1. The number of anilines is 1. The van der Waals surface area contributed by atoms with E-state index in [0.29, 0.717) is 17.4 Å². The number of aromatic nitrogens is 4. The maximum absolute atomic E-state index is 13.0. The van der Waals surface area contributed by atoms with Crippen LogP contribution in [-0.2, 0) is 0 Å². The highest BCUT2D eigenvalue weighted by Gasteiger charge is 2.30. The van der Waals surface area contributed by atoms with Gasteiger partial charge in [0.1, 0.15) is 11.3 Å². The fraction of sp³-hybridized carbons (Fsp3) is 0.375. The standard InChI is InChI=1S/C24H26N6O/c1-16-10-18(13-29-12-17(2)25-24(16)29)21-11-23(31)30-15-20(5-6-22(30)26-21)28-9-8-27-7-3-4-19(27)14-28/h5-6,10-13,15,19H,3-4,7-9,14H2,1-2H3. The number of pyridine rings is 2. The van der Waals surface area contributed by atoms with E-state index in [1.165, 1.54) is 19.4 Å². The van der Waals surface area contributed by atoms with Crippen LogP contribution in [0.25, 0.3) is 22.6 Å². The van der Waals surface area contributed by atoms with Crippen LogP contribution in [0.3, 0.4) is 0 Å². The van der Waals surface area contributed by atoms with E-state index in [1.807, 2.05) is 42.9 Å². The van der Waals surface area contributed by atoms with Gasteiger partial charge < -0.3 is 9.30 Å². The third-order valence-corrected chi connectivity index (χ3v) is 6.75. The lowest BCUT2D eigenvalue weighted by Crippen LogP contribution is -2.50. The van der Waals surface area contributed by atoms with E-state index >= 15 is 0 Å². The largest absolute Gasteiger partial charge is 0.367 e. The summed E-state index contributed by atoms with van der Waals surface area (Å²) in [5.41, 5.74) is 6.29. The number of rotatable bonds is 2. The molecule has 2 saturated heterocycles. The summed E-state index contributed by atoms with van der Waals surface area (Å²) in [6, 6.07) is 8.40. The van der Waals surface area contributed by atoms with Crippen molar-refractivity contribution in [2.24, 2.45) is 0 Å². The summed E-state index contributed by atoms with van der Waals surface area (Å²) in [6.45, 7) is 8.39. The Hall–Kier alpha value is -3.19. The molecule has 2 fully saturated rings. The number of aryl methyl sites for hydroxylation is 2. The molecular weight excluding hydrogens is 388 g/mol. The molecule has 1 atom stereocenters. The number of hydrogen-bond acceptors (Lipinski definition) is 5. The molecule has 0 bridgehead atoms. The highest BCUT2D eigenvalue weighted by Crippen LogP contribution is 2.26. The quantitative estimate of drug-likeness (QED) is 0.505. The third-order valence-electron chi connectivity index (χ3n) is 6.75. The molecule has 6 heterocycles. The van der Waals surface area contributed by atoms with Crippen LogP contribution >= 0.6 is 0 Å². The minimum Gasteiger partial charge on any atom is -0.367 e. The molecular formula is C24H26N6O. The Bertz CT molecular complexity index is 1370. The molecule has 0 aromatic carbocycles. The topological polar surface area (TPSA) is 58.2 Å². The van der Waals surface area contributed by atoms with E-state index in [-0.39, 0.29) is 5.56 Å². The zero-order chi connectivity index (χ0) is 21.1. The van der Waals surface area contributed by atoms with Crippen LogP contribution in [0.1, 0.15) is 24.1 Å². The molecule has 158 valence electrons. The van der Waals surface area contributed by atoms with Crippen LogP contribution in [-0.4, -0.2) is 55.9 Å². The lowest BCUT2D eigenvalue weighted by molar-refractivity contribution is 0.231. The zero-order valence-corrected chi connectivity index (χ0v) is 18.0. The predicted octanol–water partition coefficient (Wildman–Crippen LogP) is 2.91. The van der Waals surface area contributed by atoms with Gasteiger partial charge in [0.05, 0.1) is 17.1 Å². The molecule has 7 nitrogen and oxygen atoms in total. The van der Waals surface area contributed by atoms with Crippen LogP contribution in [0.2, 0.25) is 0 Å². The molecule has 4 aromatic heterocycles. The van der Waals surface area contributed by atoms with Gasteiger partial charge in [-0.2, -0.15) is 0 Å². The van der Waals surface area contributed by atoms with Crippen molar-refractivity contribution in [1.29, 1.82) is 0 Å². The predicted molar refractivity (Wildman–Crippen MR) is 122 cm³/mol. The van der Waals surface area contributed by atoms with Crippen molar-refractivity contribution in [2.75, 3.05) is 31.1 Å². The second kappa shape index (κ2) is 6.92. The SMILES string of the molecule is Cc1cn2cc(-c3cc(=O)n4cc(N5CCN6CCCC6C5)ccc4n3)cc(C)c2n1. The third kappa shape index (κ3) is 3.11. The molecule has 2 aliphatic rings. The molecule has 4 aromatic rings. The van der Waals surface area contributed by atoms with Gasteiger partial charge in [-0.15, -0.1) is 0 Å². The van der Waals surface area contributed by atoms with Crippen molar-refractivity contribution in [3.63, 3.8) is 0 Å². The fourth-order valence-corrected chi connectivity index (χ4v) is 5.18. The summed E-state index contributed by atoms with van der Waals surface area (Å²) in [4.78, 5) is 27.4. The van der Waals surface area contributed by atoms with Crippen LogP contribution in [0.5, 0.6) is 0 Å². The van der Waals surface area contributed by atoms with E-state index in [4.69, 9.17) is 4.98 Å². The summed E-state index contributed by atoms with van der Waals surface area (Å²) in [6.07, 6.45) is 8.51. The van der Waals surface area contributed by atoms with Crippen LogP contribution in [0.4, 0.5) is 5.69 Å². The maximum Gasteiger partial charge on any atom is 0.258 e. The smallest absolute Gasteiger partial charge is 0.258 e. The Labute approximate surface area is 180 Å². The molecule has 7 heteroatoms. The van der Waals surface area contributed by atoms with E-state index in [0.717, 1.165) is 47.8 Å². The molecule has 0 N–H and O–H groups in total.